The van der Waals surface area contributed by atoms with Crippen molar-refractivity contribution >= 4 is 5.69 Å². The van der Waals surface area contributed by atoms with E-state index in [0.29, 0.717) is 6.04 Å². The Morgan fingerprint density at radius 1 is 1.06 bits per heavy atom. The molecule has 0 aromatic heterocycles. The largest absolute Gasteiger partial charge is 0.389 e. The van der Waals surface area contributed by atoms with E-state index >= 15 is 0 Å². The maximum Gasteiger partial charge on any atom is 0.0761 e. The lowest BCUT2D eigenvalue weighted by atomic mass is 10.1. The standard InChI is InChI=1S/C16H27NO/c1-5-6-7-12-17(13(2)3)16-10-8-15(9-11-16)14(4)18/h8-11,13-14,18H,5-7,12H2,1-4H3/t14-/m0/s1. The van der Waals surface area contributed by atoms with Crippen molar-refractivity contribution in [3.63, 3.8) is 0 Å². The van der Waals surface area contributed by atoms with Gasteiger partial charge in [0.05, 0.1) is 6.10 Å². The van der Waals surface area contributed by atoms with Crippen LogP contribution in [0.3, 0.4) is 0 Å². The number of anilines is 1. The average Bonchev–Trinajstić information content (AvgIpc) is 2.34. The third kappa shape index (κ3) is 4.34. The first-order valence-electron chi connectivity index (χ1n) is 7.11. The van der Waals surface area contributed by atoms with Gasteiger partial charge in [-0.15, -0.1) is 0 Å². The zero-order valence-corrected chi connectivity index (χ0v) is 12.2. The van der Waals surface area contributed by atoms with Crippen molar-refractivity contribution < 1.29 is 5.11 Å². The van der Waals surface area contributed by atoms with Gasteiger partial charge in [0.15, 0.2) is 0 Å². The van der Waals surface area contributed by atoms with Gasteiger partial charge in [-0.05, 0) is 44.9 Å². The van der Waals surface area contributed by atoms with E-state index < -0.39 is 0 Å². The number of aliphatic hydroxyl groups is 1. The second kappa shape index (κ2) is 7.42. The topological polar surface area (TPSA) is 23.5 Å². The quantitative estimate of drug-likeness (QED) is 0.734. The van der Waals surface area contributed by atoms with Crippen molar-refractivity contribution in [3.8, 4) is 0 Å². The van der Waals surface area contributed by atoms with Gasteiger partial charge in [-0.2, -0.15) is 0 Å². The molecule has 0 heterocycles. The molecular formula is C16H27NO. The van der Waals surface area contributed by atoms with Crippen LogP contribution in [0.1, 0.15) is 58.6 Å². The number of unbranched alkanes of at least 4 members (excludes halogenated alkanes) is 2. The molecule has 0 aliphatic carbocycles. The van der Waals surface area contributed by atoms with Gasteiger partial charge < -0.3 is 10.0 Å². The Hall–Kier alpha value is -1.02. The molecule has 1 N–H and O–H groups in total. The molecule has 0 unspecified atom stereocenters. The van der Waals surface area contributed by atoms with Crippen LogP contribution < -0.4 is 4.90 Å². The van der Waals surface area contributed by atoms with E-state index in [1.165, 1.54) is 24.9 Å². The molecule has 1 atom stereocenters. The lowest BCUT2D eigenvalue weighted by molar-refractivity contribution is 0.199. The van der Waals surface area contributed by atoms with Crippen LogP contribution in [0.15, 0.2) is 24.3 Å². The van der Waals surface area contributed by atoms with Crippen LogP contribution >= 0.6 is 0 Å². The van der Waals surface area contributed by atoms with E-state index in [-0.39, 0.29) is 6.10 Å². The molecule has 0 spiro atoms. The fourth-order valence-corrected chi connectivity index (χ4v) is 2.16. The van der Waals surface area contributed by atoms with Gasteiger partial charge in [-0.3, -0.25) is 0 Å². The molecular weight excluding hydrogens is 222 g/mol. The smallest absolute Gasteiger partial charge is 0.0761 e. The van der Waals surface area contributed by atoms with Gasteiger partial charge >= 0.3 is 0 Å². The van der Waals surface area contributed by atoms with Crippen LogP contribution in [0.2, 0.25) is 0 Å². The summed E-state index contributed by atoms with van der Waals surface area (Å²) in [5.74, 6) is 0. The fourth-order valence-electron chi connectivity index (χ4n) is 2.16. The number of rotatable bonds is 7. The molecule has 0 aliphatic heterocycles. The minimum absolute atomic E-state index is 0.383. The molecule has 0 amide bonds. The summed E-state index contributed by atoms with van der Waals surface area (Å²) in [6.07, 6.45) is 3.40. The molecule has 2 heteroatoms. The SMILES string of the molecule is CCCCCN(c1ccc([C@H](C)O)cc1)C(C)C. The molecule has 0 radical (unpaired) electrons. The molecule has 2 nitrogen and oxygen atoms in total. The number of hydrogen-bond donors (Lipinski definition) is 1. The Morgan fingerprint density at radius 2 is 1.67 bits per heavy atom. The minimum atomic E-state index is -0.383. The van der Waals surface area contributed by atoms with E-state index in [9.17, 15) is 5.11 Å². The second-order valence-electron chi connectivity index (χ2n) is 5.26. The van der Waals surface area contributed by atoms with E-state index in [1.807, 2.05) is 12.1 Å². The summed E-state index contributed by atoms with van der Waals surface area (Å²) in [7, 11) is 0. The summed E-state index contributed by atoms with van der Waals surface area (Å²) < 4.78 is 0. The Balaban J connectivity index is 2.72. The van der Waals surface area contributed by atoms with Crippen molar-refractivity contribution in [1.29, 1.82) is 0 Å². The van der Waals surface area contributed by atoms with Crippen LogP contribution in [-0.2, 0) is 0 Å². The first-order chi connectivity index (χ1) is 8.56. The molecule has 0 fully saturated rings. The summed E-state index contributed by atoms with van der Waals surface area (Å²) >= 11 is 0. The summed E-state index contributed by atoms with van der Waals surface area (Å²) in [5.41, 5.74) is 2.24. The molecule has 1 aromatic rings. The molecule has 0 bridgehead atoms. The van der Waals surface area contributed by atoms with Crippen molar-refractivity contribution in [2.75, 3.05) is 11.4 Å². The number of hydrogen-bond acceptors (Lipinski definition) is 2. The monoisotopic (exact) mass is 249 g/mol. The van der Waals surface area contributed by atoms with Crippen molar-refractivity contribution in [2.24, 2.45) is 0 Å². The van der Waals surface area contributed by atoms with Crippen LogP contribution in [0, 0.1) is 0 Å². The Bertz CT molecular complexity index is 329. The zero-order valence-electron chi connectivity index (χ0n) is 12.2. The molecule has 102 valence electrons. The van der Waals surface area contributed by atoms with Gasteiger partial charge in [0.25, 0.3) is 0 Å². The highest BCUT2D eigenvalue weighted by Crippen LogP contribution is 2.21. The minimum Gasteiger partial charge on any atom is -0.389 e. The third-order valence-corrected chi connectivity index (χ3v) is 3.33. The van der Waals surface area contributed by atoms with E-state index in [0.717, 1.165) is 12.1 Å². The zero-order chi connectivity index (χ0) is 13.5. The number of aliphatic hydroxyl groups excluding tert-OH is 1. The highest BCUT2D eigenvalue weighted by Gasteiger charge is 2.10. The van der Waals surface area contributed by atoms with E-state index in [2.05, 4.69) is 37.8 Å². The number of nitrogens with zero attached hydrogens (tertiary/aromatic N) is 1. The first-order valence-corrected chi connectivity index (χ1v) is 7.11. The van der Waals surface area contributed by atoms with E-state index in [4.69, 9.17) is 0 Å². The van der Waals surface area contributed by atoms with Crippen LogP contribution in [0.5, 0.6) is 0 Å². The molecule has 18 heavy (non-hydrogen) atoms. The summed E-state index contributed by atoms with van der Waals surface area (Å²) in [5, 5.41) is 9.52. The first kappa shape index (κ1) is 15.0. The second-order valence-corrected chi connectivity index (χ2v) is 5.26. The molecule has 0 aliphatic rings. The highest BCUT2D eigenvalue weighted by molar-refractivity contribution is 5.48. The molecule has 0 saturated heterocycles. The predicted molar refractivity (Wildman–Crippen MR) is 79.1 cm³/mol. The lowest BCUT2D eigenvalue weighted by Gasteiger charge is -2.29. The van der Waals surface area contributed by atoms with Crippen molar-refractivity contribution in [2.45, 2.75) is 59.1 Å². The lowest BCUT2D eigenvalue weighted by Crippen LogP contribution is -2.31. The Kier molecular flexibility index (Phi) is 6.20. The van der Waals surface area contributed by atoms with Gasteiger partial charge in [0, 0.05) is 18.3 Å². The summed E-state index contributed by atoms with van der Waals surface area (Å²) in [6, 6.07) is 8.80. The maximum absolute atomic E-state index is 9.52. The molecule has 1 rings (SSSR count). The number of benzene rings is 1. The Morgan fingerprint density at radius 3 is 2.11 bits per heavy atom. The average molecular weight is 249 g/mol. The van der Waals surface area contributed by atoms with Crippen LogP contribution in [-0.4, -0.2) is 17.7 Å². The third-order valence-electron chi connectivity index (χ3n) is 3.33. The van der Waals surface area contributed by atoms with Crippen molar-refractivity contribution in [1.82, 2.24) is 0 Å². The van der Waals surface area contributed by atoms with Crippen molar-refractivity contribution in [3.05, 3.63) is 29.8 Å². The van der Waals surface area contributed by atoms with Gasteiger partial charge in [-0.1, -0.05) is 31.9 Å². The van der Waals surface area contributed by atoms with Gasteiger partial charge in [0.1, 0.15) is 0 Å². The van der Waals surface area contributed by atoms with E-state index in [1.54, 1.807) is 6.92 Å². The maximum atomic E-state index is 9.52. The van der Waals surface area contributed by atoms with Gasteiger partial charge in [0.2, 0.25) is 0 Å². The molecule has 1 aromatic carbocycles. The predicted octanol–water partition coefficient (Wildman–Crippen LogP) is 4.14. The Labute approximate surface area is 112 Å². The highest BCUT2D eigenvalue weighted by atomic mass is 16.3. The summed E-state index contributed by atoms with van der Waals surface area (Å²) in [4.78, 5) is 2.43. The van der Waals surface area contributed by atoms with Crippen LogP contribution in [0.4, 0.5) is 5.69 Å². The summed E-state index contributed by atoms with van der Waals surface area (Å²) in [6.45, 7) is 9.61. The van der Waals surface area contributed by atoms with Crippen LogP contribution in [0.25, 0.3) is 0 Å². The normalized spacial score (nSPS) is 12.8. The fraction of sp³-hybridized carbons (Fsp3) is 0.625. The molecule has 0 saturated carbocycles. The van der Waals surface area contributed by atoms with Gasteiger partial charge in [-0.25, -0.2) is 0 Å².